The molecule has 0 radical (unpaired) electrons. The zero-order chi connectivity index (χ0) is 10.1. The molecule has 0 aromatic carbocycles. The summed E-state index contributed by atoms with van der Waals surface area (Å²) in [4.78, 5) is 10.5. The maximum absolute atomic E-state index is 12.6. The molecule has 4 nitrogen and oxygen atoms in total. The Morgan fingerprint density at radius 3 is 2.69 bits per heavy atom. The van der Waals surface area contributed by atoms with Gasteiger partial charge in [-0.2, -0.15) is 8.78 Å². The molecule has 76 valence electrons. The number of hydrogen-bond donors (Lipinski definition) is 1. The van der Waals surface area contributed by atoms with E-state index in [9.17, 15) is 13.6 Å². The Morgan fingerprint density at radius 2 is 2.31 bits per heavy atom. The molecule has 1 unspecified atom stereocenters. The van der Waals surface area contributed by atoms with Crippen molar-refractivity contribution in [2.75, 3.05) is 20.6 Å². The summed E-state index contributed by atoms with van der Waals surface area (Å²) in [5.74, 6) is -4.73. The lowest BCUT2D eigenvalue weighted by molar-refractivity contribution is -0.159. The van der Waals surface area contributed by atoms with Crippen molar-refractivity contribution < 1.29 is 18.3 Å². The predicted molar refractivity (Wildman–Crippen MR) is 41.1 cm³/mol. The van der Waals surface area contributed by atoms with Crippen LogP contribution in [0.1, 0.15) is 6.42 Å². The number of nitrogens with one attached hydrogen (secondary N) is 1. The zero-order valence-corrected chi connectivity index (χ0v) is 7.51. The largest absolute Gasteiger partial charge is 0.456 e. The maximum Gasteiger partial charge on any atom is 0.377 e. The van der Waals surface area contributed by atoms with Crippen molar-refractivity contribution in [2.24, 2.45) is 0 Å². The van der Waals surface area contributed by atoms with E-state index in [1.54, 1.807) is 19.1 Å². The molecule has 0 spiro atoms. The third-order valence-electron chi connectivity index (χ3n) is 1.69. The van der Waals surface area contributed by atoms with E-state index in [0.717, 1.165) is 0 Å². The standard InChI is InChI=1S/C7H12F2N2O2/c1-11(2)10-4-5-3-7(8,9)6(12)13-5/h5,10H,3-4H2,1-2H3. The quantitative estimate of drug-likeness (QED) is 0.507. The molecule has 0 saturated carbocycles. The molecule has 1 fully saturated rings. The number of rotatable bonds is 3. The molecule has 1 atom stereocenters. The molecule has 0 amide bonds. The zero-order valence-electron chi connectivity index (χ0n) is 7.51. The second-order valence-electron chi connectivity index (χ2n) is 3.19. The summed E-state index contributed by atoms with van der Waals surface area (Å²) in [6.07, 6.45) is -1.27. The monoisotopic (exact) mass is 194 g/mol. The van der Waals surface area contributed by atoms with Crippen molar-refractivity contribution in [3.05, 3.63) is 0 Å². The minimum Gasteiger partial charge on any atom is -0.456 e. The number of nitrogens with zero attached hydrogens (tertiary/aromatic N) is 1. The van der Waals surface area contributed by atoms with Gasteiger partial charge in [-0.15, -0.1) is 0 Å². The Bertz CT molecular complexity index is 209. The first-order chi connectivity index (χ1) is 5.92. The molecule has 0 aliphatic carbocycles. The Labute approximate surface area is 74.8 Å². The van der Waals surface area contributed by atoms with Crippen LogP contribution in [0.2, 0.25) is 0 Å². The summed E-state index contributed by atoms with van der Waals surface area (Å²) < 4.78 is 29.6. The molecule has 1 saturated heterocycles. The number of alkyl halides is 2. The van der Waals surface area contributed by atoms with E-state index in [-0.39, 0.29) is 6.54 Å². The maximum atomic E-state index is 12.6. The van der Waals surface area contributed by atoms with Gasteiger partial charge in [0.15, 0.2) is 0 Å². The van der Waals surface area contributed by atoms with Gasteiger partial charge in [0.05, 0.1) is 6.42 Å². The number of carbonyl (C=O) groups excluding carboxylic acids is 1. The van der Waals surface area contributed by atoms with Crippen LogP contribution in [0.3, 0.4) is 0 Å². The van der Waals surface area contributed by atoms with Gasteiger partial charge in [-0.3, -0.25) is 10.4 Å². The number of hydrogen-bond acceptors (Lipinski definition) is 4. The van der Waals surface area contributed by atoms with Crippen LogP contribution in [0.15, 0.2) is 0 Å². The molecule has 6 heteroatoms. The summed E-state index contributed by atoms with van der Waals surface area (Å²) in [6, 6.07) is 0. The average Bonchev–Trinajstić information content (AvgIpc) is 2.22. The van der Waals surface area contributed by atoms with Crippen LogP contribution in [0.5, 0.6) is 0 Å². The SMILES string of the molecule is CN(C)NCC1CC(F)(F)C(=O)O1. The van der Waals surface area contributed by atoms with Gasteiger partial charge >= 0.3 is 11.9 Å². The van der Waals surface area contributed by atoms with Gasteiger partial charge in [0.2, 0.25) is 0 Å². The predicted octanol–water partition coefficient (Wildman–Crippen LogP) is 0.00340. The normalized spacial score (nSPS) is 26.5. The number of carbonyl (C=O) groups is 1. The van der Waals surface area contributed by atoms with Crippen molar-refractivity contribution in [2.45, 2.75) is 18.4 Å². The highest BCUT2D eigenvalue weighted by Gasteiger charge is 2.50. The number of ether oxygens (including phenoxy) is 1. The highest BCUT2D eigenvalue weighted by molar-refractivity contribution is 5.79. The highest BCUT2D eigenvalue weighted by atomic mass is 19.3. The summed E-state index contributed by atoms with van der Waals surface area (Å²) >= 11 is 0. The number of halogens is 2. The van der Waals surface area contributed by atoms with Crippen molar-refractivity contribution in [3.63, 3.8) is 0 Å². The lowest BCUT2D eigenvalue weighted by Crippen LogP contribution is -2.36. The molecule has 1 aliphatic heterocycles. The third-order valence-corrected chi connectivity index (χ3v) is 1.69. The fraction of sp³-hybridized carbons (Fsp3) is 0.857. The first kappa shape index (κ1) is 10.3. The second-order valence-corrected chi connectivity index (χ2v) is 3.19. The van der Waals surface area contributed by atoms with Crippen LogP contribution in [0, 0.1) is 0 Å². The van der Waals surface area contributed by atoms with Crippen LogP contribution in [-0.2, 0) is 9.53 Å². The van der Waals surface area contributed by atoms with Crippen LogP contribution in [0.4, 0.5) is 8.78 Å². The lowest BCUT2D eigenvalue weighted by Gasteiger charge is -2.14. The van der Waals surface area contributed by atoms with Crippen molar-refractivity contribution in [1.29, 1.82) is 0 Å². The molecular weight excluding hydrogens is 182 g/mol. The Kier molecular flexibility index (Phi) is 2.82. The van der Waals surface area contributed by atoms with Gasteiger partial charge < -0.3 is 4.74 Å². The second kappa shape index (κ2) is 3.55. The molecule has 1 heterocycles. The summed E-state index contributed by atoms with van der Waals surface area (Å²) in [5.41, 5.74) is 2.77. The van der Waals surface area contributed by atoms with Crippen LogP contribution < -0.4 is 5.43 Å². The van der Waals surface area contributed by atoms with E-state index in [2.05, 4.69) is 10.2 Å². The molecule has 0 aromatic heterocycles. The van der Waals surface area contributed by atoms with Gasteiger partial charge in [0.1, 0.15) is 6.10 Å². The van der Waals surface area contributed by atoms with E-state index in [0.29, 0.717) is 0 Å². The summed E-state index contributed by atoms with van der Waals surface area (Å²) in [7, 11) is 3.46. The van der Waals surface area contributed by atoms with Crippen molar-refractivity contribution in [3.8, 4) is 0 Å². The summed E-state index contributed by atoms with van der Waals surface area (Å²) in [5, 5.41) is 1.62. The molecule has 1 aliphatic rings. The van der Waals surface area contributed by atoms with E-state index in [4.69, 9.17) is 0 Å². The van der Waals surface area contributed by atoms with Gasteiger partial charge in [-0.1, -0.05) is 0 Å². The molecule has 1 N–H and O–H groups in total. The molecule has 0 bridgehead atoms. The first-order valence-electron chi connectivity index (χ1n) is 3.91. The number of hydrazine groups is 1. The van der Waals surface area contributed by atoms with Crippen LogP contribution in [0.25, 0.3) is 0 Å². The van der Waals surface area contributed by atoms with Crippen molar-refractivity contribution >= 4 is 5.97 Å². The average molecular weight is 194 g/mol. The lowest BCUT2D eigenvalue weighted by atomic mass is 10.2. The Hall–Kier alpha value is -0.750. The number of cyclic esters (lactones) is 1. The van der Waals surface area contributed by atoms with Gasteiger partial charge in [-0.05, 0) is 0 Å². The van der Waals surface area contributed by atoms with E-state index < -0.39 is 24.4 Å². The first-order valence-corrected chi connectivity index (χ1v) is 3.91. The van der Waals surface area contributed by atoms with Gasteiger partial charge in [0, 0.05) is 20.6 Å². The minimum absolute atomic E-state index is 0.217. The molecular formula is C7H12F2N2O2. The third kappa shape index (κ3) is 2.60. The fourth-order valence-electron chi connectivity index (χ4n) is 1.05. The Balaban J connectivity index is 2.37. The highest BCUT2D eigenvalue weighted by Crippen LogP contribution is 2.30. The van der Waals surface area contributed by atoms with Crippen LogP contribution in [-0.4, -0.2) is 43.6 Å². The smallest absolute Gasteiger partial charge is 0.377 e. The molecule has 13 heavy (non-hydrogen) atoms. The number of esters is 1. The van der Waals surface area contributed by atoms with E-state index >= 15 is 0 Å². The summed E-state index contributed by atoms with van der Waals surface area (Å²) in [6.45, 7) is 0.217. The van der Waals surface area contributed by atoms with Crippen LogP contribution >= 0.6 is 0 Å². The fourth-order valence-corrected chi connectivity index (χ4v) is 1.05. The van der Waals surface area contributed by atoms with Gasteiger partial charge in [-0.25, -0.2) is 4.79 Å². The minimum atomic E-state index is -3.31. The Morgan fingerprint density at radius 1 is 1.69 bits per heavy atom. The topological polar surface area (TPSA) is 41.6 Å². The molecule has 1 rings (SSSR count). The molecule has 0 aromatic rings. The van der Waals surface area contributed by atoms with Crippen molar-refractivity contribution in [1.82, 2.24) is 10.4 Å². The van der Waals surface area contributed by atoms with E-state index in [1.165, 1.54) is 0 Å². The van der Waals surface area contributed by atoms with E-state index in [1.807, 2.05) is 0 Å². The van der Waals surface area contributed by atoms with Gasteiger partial charge in [0.25, 0.3) is 0 Å².